The van der Waals surface area contributed by atoms with Gasteiger partial charge in [0.15, 0.2) is 5.65 Å². The molecular weight excluding hydrogens is 510 g/mol. The van der Waals surface area contributed by atoms with Crippen LogP contribution in [0.4, 0.5) is 23.0 Å². The van der Waals surface area contributed by atoms with Crippen LogP contribution in [-0.2, 0) is 4.79 Å². The zero-order chi connectivity index (χ0) is 28.1. The minimum Gasteiger partial charge on any atom is -0.395 e. The van der Waals surface area contributed by atoms with Gasteiger partial charge in [-0.2, -0.15) is 15.2 Å². The molecule has 0 radical (unpaired) electrons. The average molecular weight is 538 g/mol. The van der Waals surface area contributed by atoms with Crippen LogP contribution in [0.1, 0.15) is 5.82 Å². The van der Waals surface area contributed by atoms with Crippen LogP contribution in [0.15, 0.2) is 72.2 Å². The third-order valence-corrected chi connectivity index (χ3v) is 6.56. The summed E-state index contributed by atoms with van der Waals surface area (Å²) in [5.74, 6) is -0.306. The van der Waals surface area contributed by atoms with E-state index in [4.69, 9.17) is 5.11 Å². The van der Waals surface area contributed by atoms with Crippen LogP contribution in [0.3, 0.4) is 0 Å². The van der Waals surface area contributed by atoms with Crippen molar-refractivity contribution in [3.8, 4) is 11.8 Å². The molecule has 12 heteroatoms. The number of hydrogen-bond donors (Lipinski definition) is 3. The van der Waals surface area contributed by atoms with Crippen molar-refractivity contribution in [3.05, 3.63) is 83.6 Å². The van der Waals surface area contributed by atoms with Crippen LogP contribution in [0.5, 0.6) is 0 Å². The van der Waals surface area contributed by atoms with Crippen LogP contribution in [0, 0.1) is 11.3 Å². The summed E-state index contributed by atoms with van der Waals surface area (Å²) in [6, 6.07) is 16.6. The number of fused-ring (bicyclic) bond motifs is 1. The Bertz CT molecular complexity index is 1650. The van der Waals surface area contributed by atoms with Gasteiger partial charge in [-0.05, 0) is 48.5 Å². The van der Waals surface area contributed by atoms with Crippen molar-refractivity contribution in [1.82, 2.24) is 24.4 Å². The molecule has 0 spiro atoms. The average Bonchev–Trinajstić information content (AvgIpc) is 2.98. The standard InChI is InChI=1S/C28H27N9O3/c1-2-25(39)31-20-4-3-5-22(16-20)37-24(17-29)33-27(40)23-18-30-28(34-26(23)37)32-19-6-8-21(9-7-19)36-12-10-35(11-13-36)14-15-38/h2-9,16,18,38H,1,10-15H2,(H,31,39)(H,30,32,34). The number of β-amino-alcohol motifs (C(OH)–C–C–N with tert-alkyl or cyclic N) is 1. The van der Waals surface area contributed by atoms with E-state index in [1.165, 1.54) is 10.8 Å². The minimum absolute atomic E-state index is 0.140. The van der Waals surface area contributed by atoms with Gasteiger partial charge >= 0.3 is 0 Å². The largest absolute Gasteiger partial charge is 0.395 e. The topological polar surface area (TPSA) is 152 Å². The molecule has 1 saturated heterocycles. The third-order valence-electron chi connectivity index (χ3n) is 6.56. The van der Waals surface area contributed by atoms with Crippen LogP contribution in [0.2, 0.25) is 0 Å². The van der Waals surface area contributed by atoms with Gasteiger partial charge in [0, 0.05) is 56.0 Å². The first-order valence-corrected chi connectivity index (χ1v) is 12.7. The fourth-order valence-electron chi connectivity index (χ4n) is 4.55. The Morgan fingerprint density at radius 2 is 1.85 bits per heavy atom. The zero-order valence-electron chi connectivity index (χ0n) is 21.6. The van der Waals surface area contributed by atoms with Gasteiger partial charge < -0.3 is 20.6 Å². The first-order chi connectivity index (χ1) is 19.5. The number of rotatable bonds is 8. The van der Waals surface area contributed by atoms with E-state index in [0.717, 1.165) is 43.6 Å². The molecule has 4 aromatic rings. The van der Waals surface area contributed by atoms with Gasteiger partial charge in [0.2, 0.25) is 17.7 Å². The van der Waals surface area contributed by atoms with Gasteiger partial charge in [0.1, 0.15) is 11.5 Å². The highest BCUT2D eigenvalue weighted by Gasteiger charge is 2.18. The van der Waals surface area contributed by atoms with E-state index in [0.29, 0.717) is 17.9 Å². The number of anilines is 4. The lowest BCUT2D eigenvalue weighted by atomic mass is 10.2. The summed E-state index contributed by atoms with van der Waals surface area (Å²) in [6.45, 7) is 7.88. The Kier molecular flexibility index (Phi) is 7.77. The Labute approximate surface area is 229 Å². The Balaban J connectivity index is 1.44. The van der Waals surface area contributed by atoms with E-state index < -0.39 is 5.56 Å². The van der Waals surface area contributed by atoms with Crippen LogP contribution >= 0.6 is 0 Å². The molecule has 0 unspecified atom stereocenters. The SMILES string of the molecule is C=CC(=O)Nc1cccc(-n2c(C#N)nc(=O)c3cnc(Nc4ccc(N5CCN(CCO)CC5)cc4)nc32)c1. The molecule has 3 heterocycles. The van der Waals surface area contributed by atoms with Gasteiger partial charge in [-0.1, -0.05) is 12.6 Å². The Morgan fingerprint density at radius 3 is 2.55 bits per heavy atom. The van der Waals surface area contributed by atoms with E-state index >= 15 is 0 Å². The van der Waals surface area contributed by atoms with Crippen molar-refractivity contribution in [2.45, 2.75) is 0 Å². The summed E-state index contributed by atoms with van der Waals surface area (Å²) in [6.07, 6.45) is 2.53. The lowest BCUT2D eigenvalue weighted by Crippen LogP contribution is -2.47. The molecule has 202 valence electrons. The monoisotopic (exact) mass is 537 g/mol. The second kappa shape index (κ2) is 11.7. The van der Waals surface area contributed by atoms with Crippen molar-refractivity contribution >= 4 is 40.0 Å². The number of nitrogens with one attached hydrogen (secondary N) is 2. The summed E-state index contributed by atoms with van der Waals surface area (Å²) in [5.41, 5.74) is 2.37. The predicted octanol–water partition coefficient (Wildman–Crippen LogP) is 2.03. The van der Waals surface area contributed by atoms with Gasteiger partial charge in [-0.25, -0.2) is 4.98 Å². The quantitative estimate of drug-likeness (QED) is 0.285. The second-order valence-electron chi connectivity index (χ2n) is 9.09. The molecule has 40 heavy (non-hydrogen) atoms. The van der Waals surface area contributed by atoms with E-state index in [-0.39, 0.29) is 35.3 Å². The number of piperazine rings is 1. The highest BCUT2D eigenvalue weighted by atomic mass is 16.3. The molecule has 0 bridgehead atoms. The molecule has 0 aliphatic carbocycles. The molecule has 0 saturated carbocycles. The summed E-state index contributed by atoms with van der Waals surface area (Å²) in [5, 5.41) is 24.9. The van der Waals surface area contributed by atoms with Crippen molar-refractivity contribution in [1.29, 1.82) is 5.26 Å². The molecule has 0 atom stereocenters. The van der Waals surface area contributed by atoms with Gasteiger partial charge in [-0.15, -0.1) is 0 Å². The number of aromatic nitrogens is 4. The molecule has 5 rings (SSSR count). The molecule has 2 aromatic heterocycles. The zero-order valence-corrected chi connectivity index (χ0v) is 21.6. The maximum absolute atomic E-state index is 12.6. The third kappa shape index (κ3) is 5.65. The van der Waals surface area contributed by atoms with Gasteiger partial charge in [-0.3, -0.25) is 19.1 Å². The molecule has 1 aliphatic rings. The van der Waals surface area contributed by atoms with E-state index in [9.17, 15) is 14.9 Å². The number of carbonyl (C=O) groups is 1. The molecule has 12 nitrogen and oxygen atoms in total. The summed E-state index contributed by atoms with van der Waals surface area (Å²) >= 11 is 0. The highest BCUT2D eigenvalue weighted by molar-refractivity contribution is 5.99. The van der Waals surface area contributed by atoms with Crippen LogP contribution in [0.25, 0.3) is 16.7 Å². The molecule has 1 aliphatic heterocycles. The molecule has 1 fully saturated rings. The predicted molar refractivity (Wildman–Crippen MR) is 152 cm³/mol. The van der Waals surface area contributed by atoms with Crippen molar-refractivity contribution in [2.24, 2.45) is 0 Å². The molecule has 1 amide bonds. The number of nitrogens with zero attached hydrogens (tertiary/aromatic N) is 7. The number of nitriles is 1. The van der Waals surface area contributed by atoms with Crippen molar-refractivity contribution < 1.29 is 9.90 Å². The smallest absolute Gasteiger partial charge is 0.284 e. The summed E-state index contributed by atoms with van der Waals surface area (Å²) < 4.78 is 1.45. The number of aliphatic hydroxyl groups is 1. The fraction of sp³-hybridized carbons (Fsp3) is 0.214. The number of benzene rings is 2. The Morgan fingerprint density at radius 1 is 1.07 bits per heavy atom. The number of carbonyl (C=O) groups excluding carboxylic acids is 1. The normalized spacial score (nSPS) is 13.6. The fourth-order valence-corrected chi connectivity index (χ4v) is 4.55. The number of hydrogen-bond acceptors (Lipinski definition) is 10. The lowest BCUT2D eigenvalue weighted by molar-refractivity contribution is -0.111. The van der Waals surface area contributed by atoms with Crippen LogP contribution < -0.4 is 21.1 Å². The lowest BCUT2D eigenvalue weighted by Gasteiger charge is -2.35. The van der Waals surface area contributed by atoms with Gasteiger partial charge in [0.05, 0.1) is 12.3 Å². The highest BCUT2D eigenvalue weighted by Crippen LogP contribution is 2.23. The maximum Gasteiger partial charge on any atom is 0.284 e. The van der Waals surface area contributed by atoms with Crippen LogP contribution in [-0.4, -0.2) is 74.8 Å². The van der Waals surface area contributed by atoms with E-state index in [2.05, 4.69) is 42.0 Å². The first-order valence-electron chi connectivity index (χ1n) is 12.7. The van der Waals surface area contributed by atoms with E-state index in [1.54, 1.807) is 24.3 Å². The van der Waals surface area contributed by atoms with Gasteiger partial charge in [0.25, 0.3) is 5.56 Å². The number of aliphatic hydroxyl groups excluding tert-OH is 1. The second-order valence-corrected chi connectivity index (χ2v) is 9.09. The first kappa shape index (κ1) is 26.5. The summed E-state index contributed by atoms with van der Waals surface area (Å²) in [7, 11) is 0. The Hall–Kier alpha value is -5.12. The summed E-state index contributed by atoms with van der Waals surface area (Å²) in [4.78, 5) is 41.7. The molecule has 3 N–H and O–H groups in total. The van der Waals surface area contributed by atoms with Crippen molar-refractivity contribution in [2.75, 3.05) is 54.9 Å². The molecule has 2 aromatic carbocycles. The van der Waals surface area contributed by atoms with E-state index in [1.807, 2.05) is 30.3 Å². The maximum atomic E-state index is 12.6. The number of amides is 1. The van der Waals surface area contributed by atoms with Crippen molar-refractivity contribution in [3.63, 3.8) is 0 Å². The molecular formula is C28H27N9O3. The minimum atomic E-state index is -0.617.